The first-order valence-corrected chi connectivity index (χ1v) is 25.6. The number of nitrogens with zero attached hydrogens (tertiary/aromatic N) is 7. The van der Waals surface area contributed by atoms with E-state index < -0.39 is 45.0 Å². The Morgan fingerprint density at radius 1 is 0.955 bits per heavy atom. The van der Waals surface area contributed by atoms with Crippen LogP contribution in [0.4, 0.5) is 27.5 Å². The number of aliphatic hydroxyl groups is 1. The van der Waals surface area contributed by atoms with Gasteiger partial charge in [-0.05, 0) is 151 Å². The molecule has 67 heavy (non-hydrogen) atoms. The van der Waals surface area contributed by atoms with Crippen molar-refractivity contribution in [3.05, 3.63) is 64.0 Å². The third kappa shape index (κ3) is 7.73. The summed E-state index contributed by atoms with van der Waals surface area (Å²) < 4.78 is 49.0. The van der Waals surface area contributed by atoms with Gasteiger partial charge in [0.25, 0.3) is 0 Å². The number of halogens is 1. The van der Waals surface area contributed by atoms with Crippen LogP contribution in [0.1, 0.15) is 107 Å². The van der Waals surface area contributed by atoms with Crippen molar-refractivity contribution < 1.29 is 32.3 Å². The highest BCUT2D eigenvalue weighted by atomic mass is 32.2. The molecule has 0 bridgehead atoms. The van der Waals surface area contributed by atoms with Crippen LogP contribution in [-0.4, -0.2) is 106 Å². The van der Waals surface area contributed by atoms with E-state index in [-0.39, 0.29) is 52.6 Å². The number of sulfonamides is 1. The van der Waals surface area contributed by atoms with Crippen molar-refractivity contribution in [2.75, 3.05) is 47.8 Å². The van der Waals surface area contributed by atoms with E-state index in [4.69, 9.17) is 4.98 Å². The first kappa shape index (κ1) is 44.3. The molecular formula is C48H59FN10O7S. The lowest BCUT2D eigenvalue weighted by Crippen LogP contribution is -2.55. The number of carbonyl (C=O) groups is 3. The van der Waals surface area contributed by atoms with Crippen LogP contribution in [-0.2, 0) is 36.9 Å². The van der Waals surface area contributed by atoms with Crippen molar-refractivity contribution in [1.29, 1.82) is 0 Å². The van der Waals surface area contributed by atoms with Gasteiger partial charge in [-0.1, -0.05) is 0 Å². The number of hydrogen-bond acceptors (Lipinski definition) is 12. The standard InChI is InChI=1S/C48H59FN10O7S/c1-28-22-33(6-7-35(28)51-45-50-26-34-42(53-45)58(44(63)48(34)14-15-48)31-4-3-5-32(60)23-31)67(65,66)54-30-24-47(25-30)16-20-56(21-17-47)27-29-12-18-57(19-13-29)36-8-9-37-41(40(36)49)55(2)46(64)59(37)38-10-11-39(61)52-43(38)62/h6-9,22,26,29-32,38,54,60H,3-5,10-21,23-25,27H2,1-2H3,(H,50,51,53)(H,52,61,62)/t31?,32-,38?/m1/s1. The molecule has 17 nitrogen and oxygen atoms in total. The molecule has 6 fully saturated rings. The van der Waals surface area contributed by atoms with Gasteiger partial charge in [0, 0.05) is 62.6 Å². The molecule has 11 rings (SSSR count). The van der Waals surface area contributed by atoms with Crippen LogP contribution in [0.15, 0.2) is 46.2 Å². The van der Waals surface area contributed by atoms with Crippen LogP contribution >= 0.6 is 0 Å². The highest BCUT2D eigenvalue weighted by Gasteiger charge is 2.61. The molecule has 3 amide bonds. The lowest BCUT2D eigenvalue weighted by molar-refractivity contribution is -0.135. The molecule has 3 saturated carbocycles. The number of benzene rings is 2. The van der Waals surface area contributed by atoms with Crippen LogP contribution in [0.25, 0.3) is 11.0 Å². The van der Waals surface area contributed by atoms with Crippen LogP contribution in [0, 0.1) is 24.1 Å². The predicted molar refractivity (Wildman–Crippen MR) is 248 cm³/mol. The number of amides is 3. The van der Waals surface area contributed by atoms with Crippen molar-refractivity contribution in [3.8, 4) is 0 Å². The largest absolute Gasteiger partial charge is 0.393 e. The number of aryl methyl sites for hydroxylation is 2. The second-order valence-electron chi connectivity index (χ2n) is 20.7. The molecule has 2 unspecified atom stereocenters. The molecule has 0 radical (unpaired) electrons. The van der Waals surface area contributed by atoms with Gasteiger partial charge in [0.05, 0.1) is 27.6 Å². The zero-order valence-corrected chi connectivity index (χ0v) is 38.9. The number of imide groups is 1. The van der Waals surface area contributed by atoms with E-state index in [1.807, 2.05) is 16.7 Å². The Hall–Kier alpha value is -5.24. The third-order valence-corrected chi connectivity index (χ3v) is 17.9. The molecule has 3 atom stereocenters. The third-order valence-electron chi connectivity index (χ3n) is 16.4. The van der Waals surface area contributed by atoms with E-state index in [2.05, 4.69) is 25.2 Å². The van der Waals surface area contributed by atoms with Gasteiger partial charge in [-0.15, -0.1) is 0 Å². The van der Waals surface area contributed by atoms with Crippen molar-refractivity contribution in [2.45, 2.75) is 131 Å². The van der Waals surface area contributed by atoms with Crippen molar-refractivity contribution >= 4 is 61.9 Å². The molecule has 7 aliphatic rings. The molecule has 4 aromatic rings. The summed E-state index contributed by atoms with van der Waals surface area (Å²) in [5.74, 6) is 0.0681. The number of fused-ring (bicyclic) bond motifs is 3. The Balaban J connectivity index is 0.658. The van der Waals surface area contributed by atoms with Crippen molar-refractivity contribution in [1.82, 2.24) is 34.0 Å². The number of piperidine rings is 3. The second kappa shape index (κ2) is 16.5. The van der Waals surface area contributed by atoms with Crippen LogP contribution in [0.2, 0.25) is 0 Å². The molecular weight excluding hydrogens is 880 g/mol. The molecule has 2 aromatic carbocycles. The summed E-state index contributed by atoms with van der Waals surface area (Å²) in [6.45, 7) is 6.12. The number of imidazole rings is 1. The van der Waals surface area contributed by atoms with Gasteiger partial charge in [0.2, 0.25) is 33.7 Å². The fraction of sp³-hybridized carbons (Fsp3) is 0.583. The van der Waals surface area contributed by atoms with Crippen LogP contribution in [0.5, 0.6) is 0 Å². The van der Waals surface area contributed by atoms with E-state index in [0.717, 1.165) is 101 Å². The first-order valence-electron chi connectivity index (χ1n) is 24.1. The molecule has 4 N–H and O–H groups in total. The molecule has 2 spiro atoms. The Labute approximate surface area is 388 Å². The van der Waals surface area contributed by atoms with E-state index in [9.17, 15) is 32.7 Å². The minimum absolute atomic E-state index is 0.0619. The normalized spacial score (nSPS) is 25.5. The highest BCUT2D eigenvalue weighted by molar-refractivity contribution is 7.89. The zero-order valence-electron chi connectivity index (χ0n) is 38.1. The summed E-state index contributed by atoms with van der Waals surface area (Å²) in [6.07, 6.45) is 11.6. The summed E-state index contributed by atoms with van der Waals surface area (Å²) in [6, 6.07) is 7.31. The van der Waals surface area contributed by atoms with Crippen LogP contribution < -0.4 is 30.8 Å². The lowest BCUT2D eigenvalue weighted by atomic mass is 9.60. The number of aromatic nitrogens is 4. The summed E-state index contributed by atoms with van der Waals surface area (Å²) in [5, 5.41) is 16.0. The molecule has 3 aliphatic carbocycles. The SMILES string of the molecule is Cc1cc(S(=O)(=O)NC2CC3(CCN(CC4CCN(c5ccc6c(c5F)n(C)c(=O)n6C5CCC(=O)NC5=O)CC4)CC3)C2)ccc1Nc1ncc2c(n1)N(C1CCC[C@@H](O)C1)C(=O)C21CC1. The maximum Gasteiger partial charge on any atom is 0.329 e. The number of anilines is 4. The fourth-order valence-corrected chi connectivity index (χ4v) is 13.7. The van der Waals surface area contributed by atoms with Crippen LogP contribution in [0.3, 0.4) is 0 Å². The fourth-order valence-electron chi connectivity index (χ4n) is 12.4. The van der Waals surface area contributed by atoms with E-state index in [1.54, 1.807) is 36.5 Å². The van der Waals surface area contributed by atoms with Gasteiger partial charge >= 0.3 is 5.69 Å². The molecule has 19 heteroatoms. The van der Waals surface area contributed by atoms with E-state index >= 15 is 4.39 Å². The molecule has 6 heterocycles. The topological polar surface area (TPSA) is 204 Å². The number of hydrogen-bond donors (Lipinski definition) is 4. The number of nitrogens with one attached hydrogen (secondary N) is 3. The molecule has 2 aromatic heterocycles. The first-order chi connectivity index (χ1) is 32.1. The van der Waals surface area contributed by atoms with E-state index in [1.165, 1.54) is 16.2 Å². The Morgan fingerprint density at radius 2 is 1.72 bits per heavy atom. The zero-order chi connectivity index (χ0) is 46.6. The predicted octanol–water partition coefficient (Wildman–Crippen LogP) is 4.42. The molecule has 356 valence electrons. The smallest absolute Gasteiger partial charge is 0.329 e. The highest BCUT2D eigenvalue weighted by Crippen LogP contribution is 2.58. The quantitative estimate of drug-likeness (QED) is 0.163. The molecule has 4 aliphatic heterocycles. The number of likely N-dealkylation sites (tertiary alicyclic amines) is 1. The van der Waals surface area contributed by atoms with Gasteiger partial charge in [-0.25, -0.2) is 27.3 Å². The summed E-state index contributed by atoms with van der Waals surface area (Å²) in [5.41, 5.74) is 2.29. The average molecular weight is 939 g/mol. The summed E-state index contributed by atoms with van der Waals surface area (Å²) >= 11 is 0. The number of aliphatic hydroxyl groups excluding tert-OH is 1. The monoisotopic (exact) mass is 938 g/mol. The van der Waals surface area contributed by atoms with Gasteiger partial charge in [-0.3, -0.25) is 33.7 Å². The van der Waals surface area contributed by atoms with Gasteiger partial charge in [0.1, 0.15) is 17.4 Å². The minimum Gasteiger partial charge on any atom is -0.393 e. The summed E-state index contributed by atoms with van der Waals surface area (Å²) in [7, 11) is -2.25. The van der Waals surface area contributed by atoms with Gasteiger partial charge in [-0.2, -0.15) is 4.98 Å². The van der Waals surface area contributed by atoms with Gasteiger partial charge < -0.3 is 20.2 Å². The lowest BCUT2D eigenvalue weighted by Gasteiger charge is -2.52. The number of carbonyl (C=O) groups excluding carboxylic acids is 3. The van der Waals surface area contributed by atoms with E-state index in [0.29, 0.717) is 54.1 Å². The van der Waals surface area contributed by atoms with Gasteiger partial charge in [0.15, 0.2) is 5.82 Å². The van der Waals surface area contributed by atoms with Crippen molar-refractivity contribution in [3.63, 3.8) is 0 Å². The average Bonchev–Trinajstić information content (AvgIpc) is 4.01. The maximum absolute atomic E-state index is 16.2. The Bertz CT molecular complexity index is 2860. The Kier molecular flexibility index (Phi) is 10.9. The minimum atomic E-state index is -3.76. The number of rotatable bonds is 10. The Morgan fingerprint density at radius 3 is 2.42 bits per heavy atom. The summed E-state index contributed by atoms with van der Waals surface area (Å²) in [4.78, 5) is 67.3. The molecule has 3 saturated heterocycles. The van der Waals surface area contributed by atoms with Crippen molar-refractivity contribution in [2.24, 2.45) is 18.4 Å². The maximum atomic E-state index is 16.2. The second-order valence-corrected chi connectivity index (χ2v) is 22.4.